The molecule has 2 aliphatic rings. The molecule has 11 heteroatoms. The van der Waals surface area contributed by atoms with E-state index in [1.165, 1.54) is 0 Å². The molecule has 0 radical (unpaired) electrons. The highest BCUT2D eigenvalue weighted by atomic mass is 32.1. The summed E-state index contributed by atoms with van der Waals surface area (Å²) in [6, 6.07) is 1.02. The van der Waals surface area contributed by atoms with Crippen LogP contribution in [0.25, 0.3) is 0 Å². The van der Waals surface area contributed by atoms with E-state index in [-0.39, 0.29) is 16.9 Å². The summed E-state index contributed by atoms with van der Waals surface area (Å²) in [7, 11) is 0. The minimum atomic E-state index is -4.56. The molecule has 2 N–H and O–H groups in total. The zero-order valence-electron chi connectivity index (χ0n) is 17.3. The van der Waals surface area contributed by atoms with E-state index in [9.17, 15) is 13.2 Å². The van der Waals surface area contributed by atoms with E-state index in [1.54, 1.807) is 0 Å². The highest BCUT2D eigenvalue weighted by molar-refractivity contribution is 7.80. The Balaban J connectivity index is 1.66. The molecule has 2 atom stereocenters. The first-order chi connectivity index (χ1) is 14.2. The van der Waals surface area contributed by atoms with Crippen molar-refractivity contribution in [1.82, 2.24) is 20.2 Å². The third-order valence-corrected chi connectivity index (χ3v) is 5.48. The Morgan fingerprint density at radius 3 is 2.50 bits per heavy atom. The van der Waals surface area contributed by atoms with Gasteiger partial charge in [-0.3, -0.25) is 4.90 Å². The van der Waals surface area contributed by atoms with Crippen LogP contribution < -0.4 is 15.5 Å². The summed E-state index contributed by atoms with van der Waals surface area (Å²) in [5.41, 5.74) is -0.975. The molecular weight excluding hydrogens is 417 g/mol. The average Bonchev–Trinajstić information content (AvgIpc) is 2.67. The van der Waals surface area contributed by atoms with Gasteiger partial charge in [0.15, 0.2) is 10.8 Å². The Kier molecular flexibility index (Phi) is 7.70. The molecule has 2 fully saturated rings. The molecule has 0 spiro atoms. The van der Waals surface area contributed by atoms with Crippen molar-refractivity contribution in [2.45, 2.75) is 26.4 Å². The maximum Gasteiger partial charge on any atom is 0.433 e. The monoisotopic (exact) mass is 446 g/mol. The minimum Gasteiger partial charge on any atom is -0.379 e. The molecule has 1 aromatic heterocycles. The molecule has 0 aromatic carbocycles. The van der Waals surface area contributed by atoms with Gasteiger partial charge >= 0.3 is 6.18 Å². The van der Waals surface area contributed by atoms with Crippen molar-refractivity contribution >= 4 is 29.1 Å². The average molecular weight is 447 g/mol. The smallest absolute Gasteiger partial charge is 0.379 e. The van der Waals surface area contributed by atoms with Crippen molar-refractivity contribution in [3.05, 3.63) is 11.8 Å². The fraction of sp³-hybridized carbons (Fsp3) is 0.737. The van der Waals surface area contributed by atoms with Crippen molar-refractivity contribution in [2.24, 2.45) is 11.8 Å². The van der Waals surface area contributed by atoms with Gasteiger partial charge in [0, 0.05) is 45.3 Å². The van der Waals surface area contributed by atoms with Gasteiger partial charge in [-0.1, -0.05) is 13.8 Å². The summed E-state index contributed by atoms with van der Waals surface area (Å²) < 4.78 is 45.5. The highest BCUT2D eigenvalue weighted by Gasteiger charge is 2.35. The van der Waals surface area contributed by atoms with E-state index in [0.717, 1.165) is 32.1 Å². The van der Waals surface area contributed by atoms with Crippen LogP contribution in [0.1, 0.15) is 26.0 Å². The Bertz CT molecular complexity index is 719. The van der Waals surface area contributed by atoms with Gasteiger partial charge in [-0.15, -0.1) is 0 Å². The lowest BCUT2D eigenvalue weighted by atomic mass is 9.92. The Morgan fingerprint density at radius 1 is 1.20 bits per heavy atom. The molecule has 1 aromatic rings. The van der Waals surface area contributed by atoms with Gasteiger partial charge in [-0.2, -0.15) is 18.2 Å². The van der Waals surface area contributed by atoms with E-state index in [4.69, 9.17) is 17.0 Å². The predicted octanol–water partition coefficient (Wildman–Crippen LogP) is 2.60. The maximum atomic E-state index is 13.4. The van der Waals surface area contributed by atoms with Crippen LogP contribution in [0.3, 0.4) is 0 Å². The van der Waals surface area contributed by atoms with Crippen molar-refractivity contribution in [3.8, 4) is 0 Å². The maximum absolute atomic E-state index is 13.4. The number of hydrogen-bond acceptors (Lipinski definition) is 6. The lowest BCUT2D eigenvalue weighted by Crippen LogP contribution is -2.42. The zero-order chi connectivity index (χ0) is 21.7. The van der Waals surface area contributed by atoms with Crippen LogP contribution in [0.15, 0.2) is 6.07 Å². The van der Waals surface area contributed by atoms with E-state index < -0.39 is 11.9 Å². The van der Waals surface area contributed by atoms with Gasteiger partial charge in [-0.05, 0) is 30.5 Å². The summed E-state index contributed by atoms with van der Waals surface area (Å²) in [4.78, 5) is 12.1. The number of aromatic nitrogens is 2. The number of piperidine rings is 1. The molecular formula is C19H29F3N6OS. The molecule has 2 saturated heterocycles. The van der Waals surface area contributed by atoms with Crippen molar-refractivity contribution in [3.63, 3.8) is 0 Å². The molecule has 3 rings (SSSR count). The summed E-state index contributed by atoms with van der Waals surface area (Å²) in [5, 5.41) is 5.94. The van der Waals surface area contributed by atoms with Crippen LogP contribution >= 0.6 is 12.2 Å². The summed E-state index contributed by atoms with van der Waals surface area (Å²) in [6.07, 6.45) is -3.51. The number of hydrogen-bond donors (Lipinski definition) is 2. The lowest BCUT2D eigenvalue weighted by Gasteiger charge is -2.36. The van der Waals surface area contributed by atoms with Gasteiger partial charge in [0.25, 0.3) is 0 Å². The van der Waals surface area contributed by atoms with Crippen molar-refractivity contribution in [2.75, 3.05) is 62.7 Å². The molecule has 0 saturated carbocycles. The molecule has 7 nitrogen and oxygen atoms in total. The van der Waals surface area contributed by atoms with E-state index >= 15 is 0 Å². The highest BCUT2D eigenvalue weighted by Crippen LogP contribution is 2.32. The van der Waals surface area contributed by atoms with E-state index in [1.807, 2.05) is 4.90 Å². The molecule has 3 heterocycles. The topological polar surface area (TPSA) is 65.6 Å². The zero-order valence-corrected chi connectivity index (χ0v) is 18.2. The van der Waals surface area contributed by atoms with Crippen LogP contribution in [0.5, 0.6) is 0 Å². The molecule has 0 unspecified atom stereocenters. The normalized spacial score (nSPS) is 23.3. The third kappa shape index (κ3) is 6.64. The Morgan fingerprint density at radius 2 is 1.87 bits per heavy atom. The molecule has 0 bridgehead atoms. The standard InChI is InChI=1S/C19H29F3N6OS/c1-13-9-14(2)12-28(11-13)16-10-15(19(20,21)22)24-17(25-16)26-18(30)23-3-4-27-5-7-29-8-6-27/h10,13-14H,3-9,11-12H2,1-2H3,(H2,23,24,25,26,30)/t13-,14+. The SMILES string of the molecule is C[C@@H]1C[C@H](C)CN(c2cc(C(F)(F)F)nc(NC(=S)NCCN3CCOCC3)n2)C1. The van der Waals surface area contributed by atoms with Crippen LogP contribution in [-0.4, -0.2) is 72.5 Å². The van der Waals surface area contributed by atoms with Crippen LogP contribution in [-0.2, 0) is 10.9 Å². The number of morpholine rings is 1. The predicted molar refractivity (Wildman–Crippen MR) is 114 cm³/mol. The Hall–Kier alpha value is -1.72. The fourth-order valence-corrected chi connectivity index (χ4v) is 4.14. The van der Waals surface area contributed by atoms with Gasteiger partial charge in [-0.25, -0.2) is 4.98 Å². The molecule has 0 aliphatic carbocycles. The van der Waals surface area contributed by atoms with E-state index in [2.05, 4.69) is 39.3 Å². The van der Waals surface area contributed by atoms with Gasteiger partial charge < -0.3 is 20.3 Å². The molecule has 2 aliphatic heterocycles. The lowest BCUT2D eigenvalue weighted by molar-refractivity contribution is -0.141. The second-order valence-corrected chi connectivity index (χ2v) is 8.53. The van der Waals surface area contributed by atoms with Crippen molar-refractivity contribution < 1.29 is 17.9 Å². The third-order valence-electron chi connectivity index (χ3n) is 5.24. The fourth-order valence-electron chi connectivity index (χ4n) is 3.95. The minimum absolute atomic E-state index is 0.144. The summed E-state index contributed by atoms with van der Waals surface area (Å²) in [5.74, 6) is 0.902. The summed E-state index contributed by atoms with van der Waals surface area (Å²) in [6.45, 7) is 9.99. The van der Waals surface area contributed by atoms with Crippen molar-refractivity contribution in [1.29, 1.82) is 0 Å². The number of ether oxygens (including phenoxy) is 1. The molecule has 30 heavy (non-hydrogen) atoms. The first-order valence-electron chi connectivity index (χ1n) is 10.3. The van der Waals surface area contributed by atoms with Gasteiger partial charge in [0.2, 0.25) is 5.95 Å². The number of halogens is 3. The largest absolute Gasteiger partial charge is 0.433 e. The number of rotatable bonds is 5. The second-order valence-electron chi connectivity index (χ2n) is 8.12. The van der Waals surface area contributed by atoms with Gasteiger partial charge in [0.05, 0.1) is 13.2 Å². The number of alkyl halides is 3. The summed E-state index contributed by atoms with van der Waals surface area (Å²) >= 11 is 5.24. The number of anilines is 2. The number of nitrogens with zero attached hydrogens (tertiary/aromatic N) is 4. The van der Waals surface area contributed by atoms with Crippen LogP contribution in [0.2, 0.25) is 0 Å². The van der Waals surface area contributed by atoms with Gasteiger partial charge in [0.1, 0.15) is 5.82 Å². The Labute approximate surface area is 180 Å². The molecule has 168 valence electrons. The number of nitrogens with one attached hydrogen (secondary N) is 2. The quantitative estimate of drug-likeness (QED) is 0.670. The van der Waals surface area contributed by atoms with E-state index in [0.29, 0.717) is 44.7 Å². The number of thiocarbonyl (C=S) groups is 1. The molecule has 0 amide bonds. The van der Waals surface area contributed by atoms with Crippen LogP contribution in [0, 0.1) is 11.8 Å². The first kappa shape index (κ1) is 23.0. The second kappa shape index (κ2) is 10.1. The first-order valence-corrected chi connectivity index (χ1v) is 10.7. The van der Waals surface area contributed by atoms with Crippen LogP contribution in [0.4, 0.5) is 24.9 Å².